The van der Waals surface area contributed by atoms with Gasteiger partial charge in [-0.15, -0.1) is 0 Å². The van der Waals surface area contributed by atoms with Gasteiger partial charge in [0.15, 0.2) is 0 Å². The first-order chi connectivity index (χ1) is 13.3. The SMILES string of the molecule is Cc1cc(OCC(C)Cc2cn(CCC(=O)O)c3ccccc23)cc(C)c1Cl. The molecule has 1 unspecified atom stereocenters. The Labute approximate surface area is 170 Å². The molecule has 0 aliphatic heterocycles. The zero-order valence-electron chi connectivity index (χ0n) is 16.5. The number of fused-ring (bicyclic) bond motifs is 1. The highest BCUT2D eigenvalue weighted by molar-refractivity contribution is 6.32. The number of hydrogen-bond donors (Lipinski definition) is 1. The fourth-order valence-corrected chi connectivity index (χ4v) is 3.66. The van der Waals surface area contributed by atoms with Crippen molar-refractivity contribution in [3.05, 3.63) is 64.3 Å². The molecule has 1 heterocycles. The van der Waals surface area contributed by atoms with Crippen LogP contribution in [0.5, 0.6) is 5.75 Å². The smallest absolute Gasteiger partial charge is 0.305 e. The van der Waals surface area contributed by atoms with Gasteiger partial charge in [0, 0.05) is 28.7 Å². The Kier molecular flexibility index (Phi) is 6.30. The third-order valence-electron chi connectivity index (χ3n) is 4.95. The molecular formula is C23H26ClNO3. The fraction of sp³-hybridized carbons (Fsp3) is 0.348. The maximum absolute atomic E-state index is 10.9. The molecule has 4 nitrogen and oxygen atoms in total. The van der Waals surface area contributed by atoms with E-state index in [0.29, 0.717) is 19.1 Å². The van der Waals surface area contributed by atoms with Crippen molar-refractivity contribution >= 4 is 28.5 Å². The lowest BCUT2D eigenvalue weighted by Gasteiger charge is -2.14. The Bertz CT molecular complexity index is 970. The molecule has 0 radical (unpaired) electrons. The van der Waals surface area contributed by atoms with E-state index < -0.39 is 5.97 Å². The lowest BCUT2D eigenvalue weighted by Crippen LogP contribution is -2.11. The summed E-state index contributed by atoms with van der Waals surface area (Å²) >= 11 is 6.23. The second-order valence-corrected chi connectivity index (χ2v) is 7.88. The predicted molar refractivity (Wildman–Crippen MR) is 113 cm³/mol. The number of carboxylic acids is 1. The summed E-state index contributed by atoms with van der Waals surface area (Å²) in [7, 11) is 0. The van der Waals surface area contributed by atoms with Crippen LogP contribution >= 0.6 is 11.6 Å². The van der Waals surface area contributed by atoms with Crippen molar-refractivity contribution in [2.45, 2.75) is 40.2 Å². The number of aromatic nitrogens is 1. The normalized spacial score (nSPS) is 12.3. The number of halogens is 1. The molecule has 28 heavy (non-hydrogen) atoms. The first-order valence-corrected chi connectivity index (χ1v) is 9.91. The molecule has 0 fully saturated rings. The molecule has 1 atom stereocenters. The molecule has 0 saturated heterocycles. The van der Waals surface area contributed by atoms with Gasteiger partial charge in [-0.1, -0.05) is 36.7 Å². The number of hydrogen-bond acceptors (Lipinski definition) is 2. The van der Waals surface area contributed by atoms with Crippen molar-refractivity contribution in [3.63, 3.8) is 0 Å². The van der Waals surface area contributed by atoms with Crippen LogP contribution < -0.4 is 4.74 Å². The largest absolute Gasteiger partial charge is 0.493 e. The van der Waals surface area contributed by atoms with E-state index in [9.17, 15) is 4.79 Å². The van der Waals surface area contributed by atoms with Crippen LogP contribution in [0, 0.1) is 19.8 Å². The molecule has 3 aromatic rings. The van der Waals surface area contributed by atoms with Gasteiger partial charge in [0.2, 0.25) is 0 Å². The van der Waals surface area contributed by atoms with Crippen molar-refractivity contribution in [1.29, 1.82) is 0 Å². The van der Waals surface area contributed by atoms with Gasteiger partial charge in [-0.3, -0.25) is 4.79 Å². The van der Waals surface area contributed by atoms with Crippen LogP contribution in [0.25, 0.3) is 10.9 Å². The van der Waals surface area contributed by atoms with Crippen molar-refractivity contribution in [3.8, 4) is 5.75 Å². The molecule has 1 N–H and O–H groups in total. The average molecular weight is 400 g/mol. The van der Waals surface area contributed by atoms with Crippen LogP contribution in [-0.4, -0.2) is 22.2 Å². The first-order valence-electron chi connectivity index (χ1n) is 9.53. The summed E-state index contributed by atoms with van der Waals surface area (Å²) in [4.78, 5) is 10.9. The second kappa shape index (κ2) is 8.70. The maximum atomic E-state index is 10.9. The number of rotatable bonds is 8. The number of para-hydroxylation sites is 1. The van der Waals surface area contributed by atoms with Gasteiger partial charge in [-0.05, 0) is 61.1 Å². The number of benzene rings is 2. The first kappa shape index (κ1) is 20.3. The summed E-state index contributed by atoms with van der Waals surface area (Å²) in [5.74, 6) is 0.375. The Balaban J connectivity index is 1.71. The van der Waals surface area contributed by atoms with E-state index in [1.165, 1.54) is 10.9 Å². The minimum Gasteiger partial charge on any atom is -0.493 e. The third-order valence-corrected chi connectivity index (χ3v) is 5.55. The Morgan fingerprint density at radius 1 is 1.21 bits per heavy atom. The average Bonchev–Trinajstić information content (AvgIpc) is 3.00. The zero-order chi connectivity index (χ0) is 20.3. The van der Waals surface area contributed by atoms with Gasteiger partial charge in [-0.2, -0.15) is 0 Å². The number of ether oxygens (including phenoxy) is 1. The van der Waals surface area contributed by atoms with E-state index in [-0.39, 0.29) is 6.42 Å². The molecule has 0 amide bonds. The van der Waals surface area contributed by atoms with Gasteiger partial charge in [-0.25, -0.2) is 0 Å². The van der Waals surface area contributed by atoms with Gasteiger partial charge in [0.05, 0.1) is 13.0 Å². The fourth-order valence-electron chi connectivity index (χ4n) is 3.55. The molecule has 0 aliphatic carbocycles. The summed E-state index contributed by atoms with van der Waals surface area (Å²) in [6.07, 6.45) is 3.07. The van der Waals surface area contributed by atoms with E-state index in [0.717, 1.165) is 33.8 Å². The van der Waals surface area contributed by atoms with Crippen molar-refractivity contribution in [1.82, 2.24) is 4.57 Å². The minimum absolute atomic E-state index is 0.117. The van der Waals surface area contributed by atoms with E-state index in [1.54, 1.807) is 0 Å². The molecule has 0 aliphatic rings. The Hall–Kier alpha value is -2.46. The minimum atomic E-state index is -0.783. The molecule has 0 saturated carbocycles. The van der Waals surface area contributed by atoms with Crippen molar-refractivity contribution < 1.29 is 14.6 Å². The molecule has 1 aromatic heterocycles. The molecule has 0 spiro atoms. The van der Waals surface area contributed by atoms with Crippen LogP contribution in [0.4, 0.5) is 0 Å². The number of aliphatic carboxylic acids is 1. The topological polar surface area (TPSA) is 51.5 Å². The van der Waals surface area contributed by atoms with Crippen LogP contribution in [0.3, 0.4) is 0 Å². The quantitative estimate of drug-likeness (QED) is 0.533. The summed E-state index contributed by atoms with van der Waals surface area (Å²) in [6.45, 7) is 7.22. The molecular weight excluding hydrogens is 374 g/mol. The highest BCUT2D eigenvalue weighted by Crippen LogP contribution is 2.27. The van der Waals surface area contributed by atoms with E-state index in [2.05, 4.69) is 19.2 Å². The summed E-state index contributed by atoms with van der Waals surface area (Å²) in [6, 6.07) is 12.1. The zero-order valence-corrected chi connectivity index (χ0v) is 17.3. The Morgan fingerprint density at radius 3 is 2.57 bits per heavy atom. The highest BCUT2D eigenvalue weighted by Gasteiger charge is 2.13. The summed E-state index contributed by atoms with van der Waals surface area (Å²) in [5, 5.41) is 11.0. The molecule has 148 valence electrons. The van der Waals surface area contributed by atoms with Crippen LogP contribution in [-0.2, 0) is 17.8 Å². The van der Waals surface area contributed by atoms with Crippen molar-refractivity contribution in [2.75, 3.05) is 6.61 Å². The molecule has 2 aromatic carbocycles. The number of carboxylic acid groups (broad SMARTS) is 1. The standard InChI is InChI=1S/C23H26ClNO3/c1-15(14-28-19-11-16(2)23(24)17(3)12-19)10-18-13-25(9-8-22(26)27)21-7-5-4-6-20(18)21/h4-7,11-13,15H,8-10,14H2,1-3H3,(H,26,27). The number of carbonyl (C=O) groups is 1. The van der Waals surface area contributed by atoms with Crippen LogP contribution in [0.1, 0.15) is 30.0 Å². The predicted octanol–water partition coefficient (Wildman–Crippen LogP) is 5.64. The summed E-state index contributed by atoms with van der Waals surface area (Å²) < 4.78 is 8.05. The Morgan fingerprint density at radius 2 is 1.89 bits per heavy atom. The number of aryl methyl sites for hydroxylation is 3. The van der Waals surface area contributed by atoms with Gasteiger partial charge in [0.1, 0.15) is 5.75 Å². The molecule has 3 rings (SSSR count). The van der Waals surface area contributed by atoms with E-state index in [4.69, 9.17) is 21.4 Å². The van der Waals surface area contributed by atoms with Crippen LogP contribution in [0.15, 0.2) is 42.6 Å². The lowest BCUT2D eigenvalue weighted by molar-refractivity contribution is -0.137. The second-order valence-electron chi connectivity index (χ2n) is 7.50. The molecule has 0 bridgehead atoms. The van der Waals surface area contributed by atoms with E-state index >= 15 is 0 Å². The van der Waals surface area contributed by atoms with Gasteiger partial charge in [0.25, 0.3) is 0 Å². The maximum Gasteiger partial charge on any atom is 0.305 e. The van der Waals surface area contributed by atoms with Crippen molar-refractivity contribution in [2.24, 2.45) is 5.92 Å². The third kappa shape index (κ3) is 4.68. The van der Waals surface area contributed by atoms with Gasteiger partial charge >= 0.3 is 5.97 Å². The van der Waals surface area contributed by atoms with E-state index in [1.807, 2.05) is 48.7 Å². The summed E-state index contributed by atoms with van der Waals surface area (Å²) in [5.41, 5.74) is 4.34. The lowest BCUT2D eigenvalue weighted by atomic mass is 10.0. The van der Waals surface area contributed by atoms with Crippen LogP contribution in [0.2, 0.25) is 5.02 Å². The number of nitrogens with zero attached hydrogens (tertiary/aromatic N) is 1. The van der Waals surface area contributed by atoms with Gasteiger partial charge < -0.3 is 14.4 Å². The molecule has 5 heteroatoms. The monoisotopic (exact) mass is 399 g/mol. The highest BCUT2D eigenvalue weighted by atomic mass is 35.5.